The molecule has 1 N–H and O–H groups in total. The molecule has 0 aromatic carbocycles. The van der Waals surface area contributed by atoms with Crippen LogP contribution in [0.1, 0.15) is 38.5 Å². The first-order chi connectivity index (χ1) is 8.93. The number of carbonyl (C=O) groups is 1. The van der Waals surface area contributed by atoms with Crippen LogP contribution in [0.15, 0.2) is 0 Å². The summed E-state index contributed by atoms with van der Waals surface area (Å²) >= 11 is 0. The maximum atomic E-state index is 12.6. The van der Waals surface area contributed by atoms with Crippen molar-refractivity contribution in [1.82, 2.24) is 4.90 Å². The Labute approximate surface area is 110 Å². The number of carbonyl (C=O) groups excluding carboxylic acids is 1. The number of alkyl halides is 3. The second kappa shape index (κ2) is 5.69. The number of amides is 1. The van der Waals surface area contributed by atoms with Crippen LogP contribution in [0.2, 0.25) is 0 Å². The maximum Gasteiger partial charge on any atom is 0.391 e. The zero-order chi connectivity index (χ0) is 14.0. The molecular weight excluding hydrogens is 259 g/mol. The summed E-state index contributed by atoms with van der Waals surface area (Å²) < 4.78 is 37.7. The molecule has 1 aliphatic carbocycles. The smallest absolute Gasteiger partial charge is 0.391 e. The number of halogens is 3. The van der Waals surface area contributed by atoms with Crippen LogP contribution in [-0.4, -0.2) is 41.3 Å². The number of likely N-dealkylation sites (tertiary alicyclic amines) is 1. The van der Waals surface area contributed by atoms with Gasteiger partial charge in [0.15, 0.2) is 0 Å². The summed E-state index contributed by atoms with van der Waals surface area (Å²) in [5.41, 5.74) is 0. The van der Waals surface area contributed by atoms with Gasteiger partial charge in [-0.05, 0) is 38.5 Å². The molecule has 0 aromatic rings. The third kappa shape index (κ3) is 3.22. The molecule has 0 unspecified atom stereocenters. The molecule has 6 heteroatoms. The Bertz CT molecular complexity index is 324. The van der Waals surface area contributed by atoms with Crippen molar-refractivity contribution in [3.05, 3.63) is 0 Å². The zero-order valence-electron chi connectivity index (χ0n) is 10.8. The van der Waals surface area contributed by atoms with Gasteiger partial charge in [0.25, 0.3) is 0 Å². The molecule has 2 rings (SSSR count). The van der Waals surface area contributed by atoms with Gasteiger partial charge in [-0.2, -0.15) is 13.2 Å². The van der Waals surface area contributed by atoms with Crippen molar-refractivity contribution in [1.29, 1.82) is 0 Å². The lowest BCUT2D eigenvalue weighted by molar-refractivity contribution is -0.185. The van der Waals surface area contributed by atoms with E-state index in [1.54, 1.807) is 4.90 Å². The molecule has 0 bridgehead atoms. The van der Waals surface area contributed by atoms with Gasteiger partial charge in [-0.3, -0.25) is 4.79 Å². The van der Waals surface area contributed by atoms with Crippen LogP contribution in [0.25, 0.3) is 0 Å². The standard InChI is InChI=1S/C13H20F3NO2/c14-13(15,16)10-5-3-9(4-6-10)12(19)17-7-1-2-11(17)8-18/h9-11,18H,1-8H2/t9?,10?,11-/m0/s1. The number of nitrogens with zero attached hydrogens (tertiary/aromatic N) is 1. The first kappa shape index (κ1) is 14.6. The molecule has 1 amide bonds. The average molecular weight is 279 g/mol. The Morgan fingerprint density at radius 1 is 1.16 bits per heavy atom. The fourth-order valence-electron chi connectivity index (χ4n) is 3.22. The maximum absolute atomic E-state index is 12.6. The number of aliphatic hydroxyl groups excluding tert-OH is 1. The summed E-state index contributed by atoms with van der Waals surface area (Å²) in [6.07, 6.45) is -1.73. The number of aliphatic hydroxyl groups is 1. The number of hydrogen-bond acceptors (Lipinski definition) is 2. The molecule has 1 atom stereocenters. The minimum atomic E-state index is -4.13. The van der Waals surface area contributed by atoms with Crippen LogP contribution in [0.3, 0.4) is 0 Å². The third-order valence-electron chi connectivity index (χ3n) is 4.41. The molecule has 1 saturated carbocycles. The Kier molecular flexibility index (Phi) is 4.38. The minimum Gasteiger partial charge on any atom is -0.394 e. The van der Waals surface area contributed by atoms with Crippen LogP contribution in [0.4, 0.5) is 13.2 Å². The predicted octanol–water partition coefficient (Wildman–Crippen LogP) is 2.34. The average Bonchev–Trinajstić information content (AvgIpc) is 2.85. The van der Waals surface area contributed by atoms with Gasteiger partial charge in [0.05, 0.1) is 18.6 Å². The van der Waals surface area contributed by atoms with E-state index in [1.807, 2.05) is 0 Å². The molecule has 3 nitrogen and oxygen atoms in total. The van der Waals surface area contributed by atoms with Crippen LogP contribution < -0.4 is 0 Å². The van der Waals surface area contributed by atoms with Crippen molar-refractivity contribution in [2.24, 2.45) is 11.8 Å². The van der Waals surface area contributed by atoms with Gasteiger partial charge in [-0.1, -0.05) is 0 Å². The summed E-state index contributed by atoms with van der Waals surface area (Å²) in [6.45, 7) is 0.576. The Hall–Kier alpha value is -0.780. The van der Waals surface area contributed by atoms with Gasteiger partial charge >= 0.3 is 6.18 Å². The van der Waals surface area contributed by atoms with Gasteiger partial charge < -0.3 is 10.0 Å². The van der Waals surface area contributed by atoms with E-state index in [4.69, 9.17) is 0 Å². The molecule has 0 aromatic heterocycles. The van der Waals surface area contributed by atoms with E-state index in [9.17, 15) is 23.1 Å². The summed E-state index contributed by atoms with van der Waals surface area (Å²) in [5.74, 6) is -1.59. The van der Waals surface area contributed by atoms with Crippen molar-refractivity contribution < 1.29 is 23.1 Å². The molecule has 0 radical (unpaired) electrons. The highest BCUT2D eigenvalue weighted by atomic mass is 19.4. The van der Waals surface area contributed by atoms with Crippen LogP contribution in [0.5, 0.6) is 0 Å². The largest absolute Gasteiger partial charge is 0.394 e. The van der Waals surface area contributed by atoms with E-state index in [1.165, 1.54) is 0 Å². The lowest BCUT2D eigenvalue weighted by Crippen LogP contribution is -2.43. The number of rotatable bonds is 2. The fraction of sp³-hybridized carbons (Fsp3) is 0.923. The first-order valence-corrected chi connectivity index (χ1v) is 6.91. The van der Waals surface area contributed by atoms with Crippen LogP contribution in [-0.2, 0) is 4.79 Å². The quantitative estimate of drug-likeness (QED) is 0.843. The van der Waals surface area contributed by atoms with E-state index in [-0.39, 0.29) is 37.3 Å². The highest BCUT2D eigenvalue weighted by Crippen LogP contribution is 2.40. The van der Waals surface area contributed by atoms with Crippen LogP contribution >= 0.6 is 0 Å². The second-order valence-corrected chi connectivity index (χ2v) is 5.60. The van der Waals surface area contributed by atoms with Crippen molar-refractivity contribution in [2.45, 2.75) is 50.7 Å². The normalized spacial score (nSPS) is 32.6. The third-order valence-corrected chi connectivity index (χ3v) is 4.41. The minimum absolute atomic E-state index is 0.0519. The van der Waals surface area contributed by atoms with E-state index >= 15 is 0 Å². The van der Waals surface area contributed by atoms with Crippen molar-refractivity contribution in [2.75, 3.05) is 13.2 Å². The number of hydrogen-bond donors (Lipinski definition) is 1. The Morgan fingerprint density at radius 2 is 1.79 bits per heavy atom. The topological polar surface area (TPSA) is 40.5 Å². The summed E-state index contributed by atoms with van der Waals surface area (Å²) in [6, 6.07) is -0.132. The van der Waals surface area contributed by atoms with E-state index in [0.29, 0.717) is 19.4 Å². The summed E-state index contributed by atoms with van der Waals surface area (Å²) in [5, 5.41) is 9.19. The van der Waals surface area contributed by atoms with Gasteiger partial charge in [-0.15, -0.1) is 0 Å². The van der Waals surface area contributed by atoms with Gasteiger partial charge in [0, 0.05) is 12.5 Å². The summed E-state index contributed by atoms with van der Waals surface area (Å²) in [4.78, 5) is 13.9. The Balaban J connectivity index is 1.89. The molecule has 1 aliphatic heterocycles. The molecule has 2 fully saturated rings. The molecule has 19 heavy (non-hydrogen) atoms. The van der Waals surface area contributed by atoms with E-state index in [2.05, 4.69) is 0 Å². The van der Waals surface area contributed by atoms with Crippen molar-refractivity contribution >= 4 is 5.91 Å². The molecular formula is C13H20F3NO2. The van der Waals surface area contributed by atoms with Crippen molar-refractivity contribution in [3.8, 4) is 0 Å². The van der Waals surface area contributed by atoms with Gasteiger partial charge in [-0.25, -0.2) is 0 Å². The molecule has 1 saturated heterocycles. The SMILES string of the molecule is O=C(C1CCC(C(F)(F)F)CC1)N1CCC[C@H]1CO. The first-order valence-electron chi connectivity index (χ1n) is 6.91. The lowest BCUT2D eigenvalue weighted by atomic mass is 9.81. The molecule has 0 spiro atoms. The van der Waals surface area contributed by atoms with E-state index < -0.39 is 12.1 Å². The fourth-order valence-corrected chi connectivity index (χ4v) is 3.22. The van der Waals surface area contributed by atoms with Crippen molar-refractivity contribution in [3.63, 3.8) is 0 Å². The zero-order valence-corrected chi connectivity index (χ0v) is 10.8. The van der Waals surface area contributed by atoms with Gasteiger partial charge in [0.1, 0.15) is 0 Å². The lowest BCUT2D eigenvalue weighted by Gasteiger charge is -2.33. The highest BCUT2D eigenvalue weighted by molar-refractivity contribution is 5.79. The molecule has 110 valence electrons. The molecule has 1 heterocycles. The van der Waals surface area contributed by atoms with E-state index in [0.717, 1.165) is 12.8 Å². The monoisotopic (exact) mass is 279 g/mol. The Morgan fingerprint density at radius 3 is 2.32 bits per heavy atom. The van der Waals surface area contributed by atoms with Gasteiger partial charge in [0.2, 0.25) is 5.91 Å². The predicted molar refractivity (Wildman–Crippen MR) is 63.3 cm³/mol. The second-order valence-electron chi connectivity index (χ2n) is 5.60. The molecule has 2 aliphatic rings. The highest BCUT2D eigenvalue weighted by Gasteiger charge is 2.43. The summed E-state index contributed by atoms with van der Waals surface area (Å²) in [7, 11) is 0. The van der Waals surface area contributed by atoms with Crippen LogP contribution in [0, 0.1) is 11.8 Å².